The molecule has 0 aliphatic carbocycles. The molecule has 0 saturated carbocycles. The predicted molar refractivity (Wildman–Crippen MR) is 164 cm³/mol. The Kier molecular flexibility index (Phi) is 8.33. The number of fused-ring (bicyclic) bond motifs is 3. The van der Waals surface area contributed by atoms with Crippen LogP contribution in [0.25, 0.3) is 33.0 Å². The number of ether oxygens (including phenoxy) is 1. The highest BCUT2D eigenvalue weighted by Gasteiger charge is 2.36. The molecular weight excluding hydrogens is 604 g/mol. The van der Waals surface area contributed by atoms with Crippen LogP contribution < -0.4 is 9.64 Å². The molecule has 0 unspecified atom stereocenters. The standard InChI is InChI=1S/C33H32F4N6O3/c1-19-6-7-23(26(15-19)33(35,36)37)25-16-27-28(29-24(25)9-14-45-29)30(40-32(39-27)46-18-22-5-4-11-41(22)3)42-12-13-43(31(44)20(2)34)21(17-42)8-10-38/h6-7,9,14-16,21-22H,2,4-5,8,11-13,17-18H2,1,3H3/t21-,22-/m0/s1. The number of rotatable bonds is 7. The van der Waals surface area contributed by atoms with Gasteiger partial charge in [-0.25, -0.2) is 4.39 Å². The molecule has 2 atom stereocenters. The van der Waals surface area contributed by atoms with Crippen molar-refractivity contribution in [2.24, 2.45) is 0 Å². The average Bonchev–Trinajstić information content (AvgIpc) is 3.67. The number of amides is 1. The Balaban J connectivity index is 1.51. The summed E-state index contributed by atoms with van der Waals surface area (Å²) in [5.41, 5.74) is 0.546. The summed E-state index contributed by atoms with van der Waals surface area (Å²) in [6, 6.07) is 8.96. The lowest BCUT2D eigenvalue weighted by atomic mass is 9.93. The van der Waals surface area contributed by atoms with Gasteiger partial charge >= 0.3 is 12.2 Å². The van der Waals surface area contributed by atoms with E-state index >= 15 is 0 Å². The van der Waals surface area contributed by atoms with E-state index in [9.17, 15) is 27.6 Å². The van der Waals surface area contributed by atoms with Crippen LogP contribution in [0.1, 0.15) is 30.4 Å². The van der Waals surface area contributed by atoms with Crippen LogP contribution in [-0.4, -0.2) is 77.6 Å². The molecule has 1 amide bonds. The van der Waals surface area contributed by atoms with Gasteiger partial charge in [0.1, 0.15) is 18.0 Å². The van der Waals surface area contributed by atoms with E-state index in [-0.39, 0.29) is 54.8 Å². The number of nitriles is 1. The van der Waals surface area contributed by atoms with Gasteiger partial charge in [-0.15, -0.1) is 0 Å². The van der Waals surface area contributed by atoms with Crippen molar-refractivity contribution in [2.75, 3.05) is 44.7 Å². The summed E-state index contributed by atoms with van der Waals surface area (Å²) in [6.45, 7) is 6.41. The third-order valence-corrected chi connectivity index (χ3v) is 8.81. The second-order valence-electron chi connectivity index (χ2n) is 11.8. The van der Waals surface area contributed by atoms with Crippen molar-refractivity contribution in [3.8, 4) is 23.2 Å². The zero-order chi connectivity index (χ0) is 32.7. The maximum atomic E-state index is 14.3. The molecule has 2 fully saturated rings. The van der Waals surface area contributed by atoms with Crippen LogP contribution in [-0.2, 0) is 11.0 Å². The van der Waals surface area contributed by atoms with Crippen molar-refractivity contribution in [1.82, 2.24) is 19.8 Å². The van der Waals surface area contributed by atoms with E-state index in [4.69, 9.17) is 14.1 Å². The SMILES string of the molecule is C=C(F)C(=O)N1CCN(c2nc(OC[C@@H]3CCCN3C)nc3cc(-c4ccc(C)cc4C(F)(F)F)c4ccoc4c23)C[C@@H]1CC#N. The van der Waals surface area contributed by atoms with Crippen LogP contribution in [0.4, 0.5) is 23.4 Å². The summed E-state index contributed by atoms with van der Waals surface area (Å²) in [5.74, 6) is -1.62. The number of aromatic nitrogens is 2. The Morgan fingerprint density at radius 1 is 1.15 bits per heavy atom. The number of likely N-dealkylation sites (N-methyl/N-ethyl adjacent to an activating group) is 1. The fourth-order valence-corrected chi connectivity index (χ4v) is 6.45. The minimum Gasteiger partial charge on any atom is -0.463 e. The molecule has 46 heavy (non-hydrogen) atoms. The molecule has 6 rings (SSSR count). The Bertz CT molecular complexity index is 1870. The van der Waals surface area contributed by atoms with Gasteiger partial charge in [0.2, 0.25) is 0 Å². The van der Waals surface area contributed by atoms with Crippen LogP contribution in [0.15, 0.2) is 53.4 Å². The smallest absolute Gasteiger partial charge is 0.417 e. The molecule has 2 aromatic heterocycles. The van der Waals surface area contributed by atoms with Gasteiger partial charge in [0.15, 0.2) is 5.83 Å². The van der Waals surface area contributed by atoms with Gasteiger partial charge in [-0.05, 0) is 62.7 Å². The van der Waals surface area contributed by atoms with Crippen LogP contribution in [0.5, 0.6) is 6.01 Å². The summed E-state index contributed by atoms with van der Waals surface area (Å²) in [4.78, 5) is 27.3. The number of benzene rings is 2. The molecule has 2 aliphatic rings. The average molecular weight is 637 g/mol. The van der Waals surface area contributed by atoms with E-state index in [1.165, 1.54) is 17.2 Å². The lowest BCUT2D eigenvalue weighted by Gasteiger charge is -2.41. The minimum atomic E-state index is -4.61. The monoisotopic (exact) mass is 636 g/mol. The van der Waals surface area contributed by atoms with Crippen molar-refractivity contribution in [3.05, 3.63) is 60.1 Å². The molecule has 0 radical (unpaired) electrons. The Morgan fingerprint density at radius 3 is 2.65 bits per heavy atom. The number of halogens is 4. The van der Waals surface area contributed by atoms with E-state index in [0.29, 0.717) is 34.3 Å². The first-order valence-corrected chi connectivity index (χ1v) is 15.0. The number of carbonyl (C=O) groups excluding carboxylic acids is 1. The highest BCUT2D eigenvalue weighted by molar-refractivity contribution is 6.14. The topological polar surface area (TPSA) is 98.7 Å². The lowest BCUT2D eigenvalue weighted by molar-refractivity contribution is -0.137. The third kappa shape index (κ3) is 5.85. The zero-order valence-electron chi connectivity index (χ0n) is 25.4. The molecule has 9 nitrogen and oxygen atoms in total. The third-order valence-electron chi connectivity index (χ3n) is 8.81. The van der Waals surface area contributed by atoms with Crippen molar-refractivity contribution in [1.29, 1.82) is 5.26 Å². The summed E-state index contributed by atoms with van der Waals surface area (Å²) in [7, 11) is 2.01. The molecule has 240 valence electrons. The quantitative estimate of drug-likeness (QED) is 0.173. The van der Waals surface area contributed by atoms with E-state index in [1.807, 2.05) is 11.9 Å². The first-order valence-electron chi connectivity index (χ1n) is 15.0. The minimum absolute atomic E-state index is 0.0192. The fourth-order valence-electron chi connectivity index (χ4n) is 6.45. The Labute approximate surface area is 262 Å². The second-order valence-corrected chi connectivity index (χ2v) is 11.8. The number of carbonyl (C=O) groups is 1. The largest absolute Gasteiger partial charge is 0.463 e. The fraction of sp³-hybridized carbons (Fsp3) is 0.394. The molecule has 2 saturated heterocycles. The van der Waals surface area contributed by atoms with E-state index in [2.05, 4.69) is 22.5 Å². The second kappa shape index (κ2) is 12.2. The molecule has 4 heterocycles. The molecule has 0 spiro atoms. The number of hydrogen-bond acceptors (Lipinski definition) is 8. The van der Waals surface area contributed by atoms with Gasteiger partial charge in [-0.2, -0.15) is 28.4 Å². The normalized spacial score (nSPS) is 19.2. The highest BCUT2D eigenvalue weighted by atomic mass is 19.4. The maximum Gasteiger partial charge on any atom is 0.417 e. The van der Waals surface area contributed by atoms with Crippen LogP contribution >= 0.6 is 0 Å². The Morgan fingerprint density at radius 2 is 1.96 bits per heavy atom. The number of anilines is 1. The highest BCUT2D eigenvalue weighted by Crippen LogP contribution is 2.44. The number of piperazine rings is 1. The van der Waals surface area contributed by atoms with Crippen molar-refractivity contribution < 1.29 is 31.5 Å². The molecule has 13 heteroatoms. The summed E-state index contributed by atoms with van der Waals surface area (Å²) in [6.07, 6.45) is -1.30. The van der Waals surface area contributed by atoms with Gasteiger partial charge in [0, 0.05) is 31.1 Å². The summed E-state index contributed by atoms with van der Waals surface area (Å²) in [5, 5.41) is 10.4. The first kappa shape index (κ1) is 31.3. The van der Waals surface area contributed by atoms with Crippen LogP contribution in [0.3, 0.4) is 0 Å². The zero-order valence-corrected chi connectivity index (χ0v) is 25.4. The van der Waals surface area contributed by atoms with Gasteiger partial charge in [-0.1, -0.05) is 24.3 Å². The molecule has 2 aromatic carbocycles. The van der Waals surface area contributed by atoms with Crippen molar-refractivity contribution in [3.63, 3.8) is 0 Å². The number of alkyl halides is 3. The predicted octanol–water partition coefficient (Wildman–Crippen LogP) is 6.26. The number of nitrogens with zero attached hydrogens (tertiary/aromatic N) is 6. The molecule has 0 bridgehead atoms. The number of likely N-dealkylation sites (tertiary alicyclic amines) is 1. The van der Waals surface area contributed by atoms with Crippen molar-refractivity contribution >= 4 is 33.6 Å². The van der Waals surface area contributed by atoms with Gasteiger partial charge in [0.25, 0.3) is 5.91 Å². The number of furan rings is 1. The molecular formula is C33H32F4N6O3. The maximum absolute atomic E-state index is 14.3. The first-order chi connectivity index (χ1) is 22.0. The van der Waals surface area contributed by atoms with Gasteiger partial charge in [0.05, 0.1) is 41.3 Å². The Hall–Kier alpha value is -4.70. The molecule has 4 aromatic rings. The van der Waals surface area contributed by atoms with E-state index in [1.54, 1.807) is 25.1 Å². The van der Waals surface area contributed by atoms with Crippen molar-refractivity contribution in [2.45, 2.75) is 44.4 Å². The molecule has 0 N–H and O–H groups in total. The summed E-state index contributed by atoms with van der Waals surface area (Å²) < 4.78 is 68.7. The van der Waals surface area contributed by atoms with Gasteiger partial charge < -0.3 is 23.9 Å². The van der Waals surface area contributed by atoms with Crippen LogP contribution in [0.2, 0.25) is 0 Å². The van der Waals surface area contributed by atoms with Crippen LogP contribution in [0, 0.1) is 18.3 Å². The van der Waals surface area contributed by atoms with E-state index in [0.717, 1.165) is 25.5 Å². The summed E-state index contributed by atoms with van der Waals surface area (Å²) >= 11 is 0. The van der Waals surface area contributed by atoms with Gasteiger partial charge in [-0.3, -0.25) is 4.79 Å². The molecule has 2 aliphatic heterocycles. The van der Waals surface area contributed by atoms with E-state index < -0.39 is 29.5 Å². The lowest BCUT2D eigenvalue weighted by Crippen LogP contribution is -2.55. The number of aryl methyl sites for hydroxylation is 1. The number of hydrogen-bond donors (Lipinski definition) is 0.